The van der Waals surface area contributed by atoms with Crippen LogP contribution in [0.1, 0.15) is 16.2 Å². The Bertz CT molecular complexity index is 741. The predicted octanol–water partition coefficient (Wildman–Crippen LogP) is 2.49. The highest BCUT2D eigenvalue weighted by Gasteiger charge is 2.13. The number of carboxylic acids is 1. The Balaban J connectivity index is 2.12. The van der Waals surface area contributed by atoms with Crippen LogP contribution >= 0.6 is 0 Å². The van der Waals surface area contributed by atoms with E-state index in [-0.39, 0.29) is 5.69 Å². The van der Waals surface area contributed by atoms with Gasteiger partial charge in [0, 0.05) is 17.0 Å². The maximum atomic E-state index is 10.7. The van der Waals surface area contributed by atoms with Gasteiger partial charge in [-0.15, -0.1) is 0 Å². The summed E-state index contributed by atoms with van der Waals surface area (Å²) in [5.41, 5.74) is 2.06. The first-order valence-corrected chi connectivity index (χ1v) is 5.21. The molecule has 0 unspecified atom stereocenters. The normalized spacial score (nSPS) is 10.9. The Morgan fingerprint density at radius 2 is 2.06 bits per heavy atom. The molecule has 18 heavy (non-hydrogen) atoms. The molecular weight excluding hydrogens is 236 g/mol. The Labute approximate surface area is 101 Å². The van der Waals surface area contributed by atoms with Gasteiger partial charge in [0.05, 0.1) is 5.69 Å². The summed E-state index contributed by atoms with van der Waals surface area (Å²) >= 11 is 0. The topological polar surface area (TPSA) is 89.4 Å². The van der Waals surface area contributed by atoms with Crippen LogP contribution in [-0.4, -0.2) is 21.4 Å². The molecule has 0 atom stereocenters. The molecule has 3 rings (SSSR count). The highest BCUT2D eigenvalue weighted by atomic mass is 16.5. The average Bonchev–Trinajstić information content (AvgIpc) is 2.96. The van der Waals surface area contributed by atoms with Gasteiger partial charge in [-0.3, -0.25) is 0 Å². The second-order valence-electron chi connectivity index (χ2n) is 3.86. The lowest BCUT2D eigenvalue weighted by atomic mass is 10.1. The number of benzene rings is 1. The number of carboxylic acid groups (broad SMARTS) is 1. The zero-order valence-corrected chi connectivity index (χ0v) is 9.38. The number of fused-ring (bicyclic) bond motifs is 1. The van der Waals surface area contributed by atoms with Crippen molar-refractivity contribution in [2.75, 3.05) is 0 Å². The van der Waals surface area contributed by atoms with Gasteiger partial charge in [0.1, 0.15) is 0 Å². The molecule has 0 bridgehead atoms. The number of hydrogen-bond donors (Lipinski definition) is 1. The van der Waals surface area contributed by atoms with E-state index in [1.807, 2.05) is 13.0 Å². The third-order valence-corrected chi connectivity index (χ3v) is 2.66. The first kappa shape index (κ1) is 10.5. The summed E-state index contributed by atoms with van der Waals surface area (Å²) in [5, 5.41) is 17.0. The molecule has 0 amide bonds. The minimum absolute atomic E-state index is 0.118. The van der Waals surface area contributed by atoms with Crippen LogP contribution in [0, 0.1) is 6.92 Å². The molecule has 0 saturated heterocycles. The molecule has 0 spiro atoms. The molecule has 0 aliphatic carbocycles. The van der Waals surface area contributed by atoms with Gasteiger partial charge in [0.2, 0.25) is 0 Å². The largest absolute Gasteiger partial charge is 0.476 e. The SMILES string of the molecule is Cc1noc2ccc(-c3cc(C(=O)O)no3)cc12. The Hall–Kier alpha value is -2.63. The van der Waals surface area contributed by atoms with Gasteiger partial charge in [0.25, 0.3) is 0 Å². The van der Waals surface area contributed by atoms with E-state index in [1.54, 1.807) is 12.1 Å². The monoisotopic (exact) mass is 244 g/mol. The lowest BCUT2D eigenvalue weighted by Gasteiger charge is -1.94. The molecular formula is C12H8N2O4. The van der Waals surface area contributed by atoms with Gasteiger partial charge in [0.15, 0.2) is 17.0 Å². The third-order valence-electron chi connectivity index (χ3n) is 2.66. The summed E-state index contributed by atoms with van der Waals surface area (Å²) in [7, 11) is 0. The maximum Gasteiger partial charge on any atom is 0.358 e. The zero-order valence-electron chi connectivity index (χ0n) is 9.38. The summed E-state index contributed by atoms with van der Waals surface area (Å²) in [6, 6.07) is 6.73. The van der Waals surface area contributed by atoms with E-state index in [0.29, 0.717) is 11.3 Å². The van der Waals surface area contributed by atoms with E-state index in [0.717, 1.165) is 16.6 Å². The lowest BCUT2D eigenvalue weighted by molar-refractivity contribution is 0.0686. The molecule has 0 fully saturated rings. The fraction of sp³-hybridized carbons (Fsp3) is 0.0833. The molecule has 90 valence electrons. The van der Waals surface area contributed by atoms with Crippen molar-refractivity contribution in [1.82, 2.24) is 10.3 Å². The Morgan fingerprint density at radius 1 is 1.22 bits per heavy atom. The average molecular weight is 244 g/mol. The molecule has 2 heterocycles. The molecule has 0 radical (unpaired) electrons. The van der Waals surface area contributed by atoms with Gasteiger partial charge >= 0.3 is 5.97 Å². The Morgan fingerprint density at radius 3 is 2.78 bits per heavy atom. The molecule has 3 aromatic rings. The maximum absolute atomic E-state index is 10.7. The van der Waals surface area contributed by atoms with Crippen LogP contribution in [0.3, 0.4) is 0 Å². The van der Waals surface area contributed by atoms with Gasteiger partial charge in [-0.2, -0.15) is 0 Å². The van der Waals surface area contributed by atoms with Crippen LogP contribution in [0.5, 0.6) is 0 Å². The number of hydrogen-bond acceptors (Lipinski definition) is 5. The van der Waals surface area contributed by atoms with E-state index in [1.165, 1.54) is 6.07 Å². The molecule has 2 aromatic heterocycles. The molecule has 1 aromatic carbocycles. The van der Waals surface area contributed by atoms with Crippen molar-refractivity contribution in [3.8, 4) is 11.3 Å². The number of carbonyl (C=O) groups is 1. The smallest absolute Gasteiger partial charge is 0.358 e. The van der Waals surface area contributed by atoms with Crippen molar-refractivity contribution in [2.45, 2.75) is 6.92 Å². The Kier molecular flexibility index (Phi) is 2.16. The van der Waals surface area contributed by atoms with Crippen molar-refractivity contribution in [3.63, 3.8) is 0 Å². The molecule has 0 saturated carbocycles. The van der Waals surface area contributed by atoms with Crippen LogP contribution in [-0.2, 0) is 0 Å². The van der Waals surface area contributed by atoms with E-state index in [2.05, 4.69) is 10.3 Å². The minimum Gasteiger partial charge on any atom is -0.476 e. The highest BCUT2D eigenvalue weighted by Crippen LogP contribution is 2.26. The second kappa shape index (κ2) is 3.69. The quantitative estimate of drug-likeness (QED) is 0.744. The summed E-state index contributed by atoms with van der Waals surface area (Å²) < 4.78 is 10.1. The molecule has 0 aliphatic heterocycles. The van der Waals surface area contributed by atoms with Gasteiger partial charge in [-0.25, -0.2) is 4.79 Å². The molecule has 6 heteroatoms. The number of rotatable bonds is 2. The van der Waals surface area contributed by atoms with Crippen LogP contribution < -0.4 is 0 Å². The third kappa shape index (κ3) is 1.55. The summed E-state index contributed by atoms with van der Waals surface area (Å²) in [6.45, 7) is 1.83. The van der Waals surface area contributed by atoms with Crippen molar-refractivity contribution in [2.24, 2.45) is 0 Å². The first-order valence-electron chi connectivity index (χ1n) is 5.21. The predicted molar refractivity (Wildman–Crippen MR) is 61.2 cm³/mol. The van der Waals surface area contributed by atoms with Crippen molar-refractivity contribution >= 4 is 16.9 Å². The number of aryl methyl sites for hydroxylation is 1. The summed E-state index contributed by atoms with van der Waals surface area (Å²) in [5.74, 6) is -0.720. The highest BCUT2D eigenvalue weighted by molar-refractivity contribution is 5.88. The molecule has 0 aliphatic rings. The van der Waals surface area contributed by atoms with E-state index in [9.17, 15) is 4.79 Å². The van der Waals surface area contributed by atoms with E-state index >= 15 is 0 Å². The zero-order chi connectivity index (χ0) is 12.7. The van der Waals surface area contributed by atoms with Crippen molar-refractivity contribution < 1.29 is 18.9 Å². The second-order valence-corrected chi connectivity index (χ2v) is 3.86. The van der Waals surface area contributed by atoms with Gasteiger partial charge in [-0.05, 0) is 25.1 Å². The van der Waals surface area contributed by atoms with Crippen LogP contribution in [0.2, 0.25) is 0 Å². The number of nitrogens with zero attached hydrogens (tertiary/aromatic N) is 2. The summed E-state index contributed by atoms with van der Waals surface area (Å²) in [6.07, 6.45) is 0. The standard InChI is InChI=1S/C12H8N2O4/c1-6-8-4-7(2-3-10(8)17-13-6)11-5-9(12(15)16)14-18-11/h2-5H,1H3,(H,15,16). The fourth-order valence-corrected chi connectivity index (χ4v) is 1.72. The number of aromatic carboxylic acids is 1. The molecule has 6 nitrogen and oxygen atoms in total. The van der Waals surface area contributed by atoms with Gasteiger partial charge < -0.3 is 14.2 Å². The fourth-order valence-electron chi connectivity index (χ4n) is 1.72. The molecule has 1 N–H and O–H groups in total. The van der Waals surface area contributed by atoms with Crippen LogP contribution in [0.4, 0.5) is 0 Å². The minimum atomic E-state index is -1.12. The van der Waals surface area contributed by atoms with E-state index < -0.39 is 5.97 Å². The lowest BCUT2D eigenvalue weighted by Crippen LogP contribution is -1.94. The van der Waals surface area contributed by atoms with Crippen molar-refractivity contribution in [3.05, 3.63) is 35.7 Å². The summed E-state index contributed by atoms with van der Waals surface area (Å²) in [4.78, 5) is 10.7. The number of aromatic nitrogens is 2. The van der Waals surface area contributed by atoms with Gasteiger partial charge in [-0.1, -0.05) is 10.3 Å². The van der Waals surface area contributed by atoms with Crippen LogP contribution in [0.25, 0.3) is 22.3 Å². The van der Waals surface area contributed by atoms with Crippen LogP contribution in [0.15, 0.2) is 33.3 Å². The van der Waals surface area contributed by atoms with Crippen molar-refractivity contribution in [1.29, 1.82) is 0 Å². The first-order chi connectivity index (χ1) is 8.65. The van der Waals surface area contributed by atoms with E-state index in [4.69, 9.17) is 14.2 Å².